The fourth-order valence-corrected chi connectivity index (χ4v) is 3.32. The van der Waals surface area contributed by atoms with Gasteiger partial charge in [0, 0.05) is 28.8 Å². The standard InChI is InChI=1S/C16H12N4O2S/c1-22-13-5-14-12(19-8-23-14)4-10(13)11-6-17-16-9(11)2-3-15(20-16)18-7-21/h2-8H,1H3,(H2,17,18,20,21). The highest BCUT2D eigenvalue weighted by Gasteiger charge is 2.14. The van der Waals surface area contributed by atoms with E-state index in [4.69, 9.17) is 4.74 Å². The Morgan fingerprint density at radius 3 is 3.04 bits per heavy atom. The maximum Gasteiger partial charge on any atom is 0.212 e. The van der Waals surface area contributed by atoms with Crippen molar-refractivity contribution in [2.45, 2.75) is 0 Å². The van der Waals surface area contributed by atoms with E-state index in [1.54, 1.807) is 24.5 Å². The Hall–Kier alpha value is -2.93. The van der Waals surface area contributed by atoms with Gasteiger partial charge in [-0.05, 0) is 18.2 Å². The summed E-state index contributed by atoms with van der Waals surface area (Å²) in [5.74, 6) is 1.29. The summed E-state index contributed by atoms with van der Waals surface area (Å²) in [5, 5.41) is 3.50. The number of aromatic amines is 1. The Balaban J connectivity index is 1.92. The predicted molar refractivity (Wildman–Crippen MR) is 90.9 cm³/mol. The average Bonchev–Trinajstić information content (AvgIpc) is 3.19. The number of pyridine rings is 1. The maximum atomic E-state index is 10.5. The fraction of sp³-hybridized carbons (Fsp3) is 0.0625. The lowest BCUT2D eigenvalue weighted by Crippen LogP contribution is -1.96. The molecule has 23 heavy (non-hydrogen) atoms. The maximum absolute atomic E-state index is 10.5. The molecule has 4 rings (SSSR count). The highest BCUT2D eigenvalue weighted by atomic mass is 32.1. The van der Waals surface area contributed by atoms with Crippen LogP contribution in [0.25, 0.3) is 32.4 Å². The number of aromatic nitrogens is 3. The molecule has 0 atom stereocenters. The van der Waals surface area contributed by atoms with Gasteiger partial charge >= 0.3 is 0 Å². The molecular formula is C16H12N4O2S. The first-order valence-electron chi connectivity index (χ1n) is 6.90. The summed E-state index contributed by atoms with van der Waals surface area (Å²) in [6.45, 7) is 0. The number of carbonyl (C=O) groups is 1. The van der Waals surface area contributed by atoms with Crippen LogP contribution in [0.3, 0.4) is 0 Å². The minimum atomic E-state index is 0.503. The van der Waals surface area contributed by atoms with Crippen LogP contribution in [-0.2, 0) is 4.79 Å². The number of ether oxygens (including phenoxy) is 1. The van der Waals surface area contributed by atoms with Crippen molar-refractivity contribution < 1.29 is 9.53 Å². The zero-order valence-corrected chi connectivity index (χ0v) is 13.0. The zero-order valence-electron chi connectivity index (χ0n) is 12.2. The van der Waals surface area contributed by atoms with Gasteiger partial charge in [0.1, 0.15) is 17.2 Å². The van der Waals surface area contributed by atoms with Crippen molar-refractivity contribution in [2.24, 2.45) is 0 Å². The molecule has 0 radical (unpaired) electrons. The number of hydrogen-bond acceptors (Lipinski definition) is 5. The van der Waals surface area contributed by atoms with Gasteiger partial charge in [-0.1, -0.05) is 0 Å². The molecule has 0 fully saturated rings. The topological polar surface area (TPSA) is 79.9 Å². The molecule has 0 bridgehead atoms. The molecule has 114 valence electrons. The number of benzene rings is 1. The number of fused-ring (bicyclic) bond motifs is 2. The van der Waals surface area contributed by atoms with Crippen molar-refractivity contribution in [3.05, 3.63) is 36.0 Å². The molecule has 1 aromatic carbocycles. The van der Waals surface area contributed by atoms with Crippen LogP contribution in [0.4, 0.5) is 5.82 Å². The van der Waals surface area contributed by atoms with E-state index in [9.17, 15) is 4.79 Å². The first-order valence-corrected chi connectivity index (χ1v) is 7.78. The normalized spacial score (nSPS) is 11.0. The molecular weight excluding hydrogens is 312 g/mol. The minimum absolute atomic E-state index is 0.503. The quantitative estimate of drug-likeness (QED) is 0.564. The second-order valence-corrected chi connectivity index (χ2v) is 5.82. The van der Waals surface area contributed by atoms with Gasteiger partial charge in [-0.2, -0.15) is 0 Å². The molecule has 0 saturated heterocycles. The predicted octanol–water partition coefficient (Wildman–Crippen LogP) is 3.42. The second kappa shape index (κ2) is 5.36. The van der Waals surface area contributed by atoms with Gasteiger partial charge in [0.05, 0.1) is 22.8 Å². The van der Waals surface area contributed by atoms with Gasteiger partial charge in [0.15, 0.2) is 0 Å². The van der Waals surface area contributed by atoms with E-state index in [0.717, 1.165) is 32.5 Å². The van der Waals surface area contributed by atoms with Gasteiger partial charge in [-0.3, -0.25) is 4.79 Å². The Morgan fingerprint density at radius 2 is 2.22 bits per heavy atom. The molecule has 0 aliphatic rings. The lowest BCUT2D eigenvalue weighted by molar-refractivity contribution is -0.105. The summed E-state index contributed by atoms with van der Waals surface area (Å²) < 4.78 is 6.63. The van der Waals surface area contributed by atoms with Crippen LogP contribution < -0.4 is 10.1 Å². The summed E-state index contributed by atoms with van der Waals surface area (Å²) in [4.78, 5) is 22.4. The van der Waals surface area contributed by atoms with Crippen LogP contribution in [0, 0.1) is 0 Å². The summed E-state index contributed by atoms with van der Waals surface area (Å²) >= 11 is 1.58. The number of nitrogens with zero attached hydrogens (tertiary/aromatic N) is 2. The summed E-state index contributed by atoms with van der Waals surface area (Å²) in [6, 6.07) is 7.70. The molecule has 3 aromatic heterocycles. The molecule has 6 nitrogen and oxygen atoms in total. The zero-order chi connectivity index (χ0) is 15.8. The monoisotopic (exact) mass is 324 g/mol. The van der Waals surface area contributed by atoms with Gasteiger partial charge in [0.2, 0.25) is 6.41 Å². The van der Waals surface area contributed by atoms with E-state index in [0.29, 0.717) is 17.9 Å². The number of thiazole rings is 1. The highest BCUT2D eigenvalue weighted by Crippen LogP contribution is 2.38. The van der Waals surface area contributed by atoms with Gasteiger partial charge in [-0.25, -0.2) is 9.97 Å². The fourth-order valence-electron chi connectivity index (χ4n) is 2.63. The largest absolute Gasteiger partial charge is 0.496 e. The summed E-state index contributed by atoms with van der Waals surface area (Å²) in [6.07, 6.45) is 2.50. The number of methoxy groups -OCH3 is 1. The van der Waals surface area contributed by atoms with E-state index in [2.05, 4.69) is 20.3 Å². The average molecular weight is 324 g/mol. The van der Waals surface area contributed by atoms with E-state index in [1.807, 2.05) is 29.9 Å². The third kappa shape index (κ3) is 2.22. The van der Waals surface area contributed by atoms with E-state index < -0.39 is 0 Å². The van der Waals surface area contributed by atoms with Crippen molar-refractivity contribution in [2.75, 3.05) is 12.4 Å². The van der Waals surface area contributed by atoms with E-state index in [1.165, 1.54) is 0 Å². The molecule has 0 unspecified atom stereocenters. The molecule has 4 aromatic rings. The number of nitrogens with one attached hydrogen (secondary N) is 2. The Morgan fingerprint density at radius 1 is 1.30 bits per heavy atom. The number of amides is 1. The Labute approximate surface area is 135 Å². The number of H-pyrrole nitrogens is 1. The summed E-state index contributed by atoms with van der Waals surface area (Å²) in [5.41, 5.74) is 5.40. The molecule has 0 spiro atoms. The first-order chi connectivity index (χ1) is 11.3. The number of anilines is 1. The number of hydrogen-bond donors (Lipinski definition) is 2. The van der Waals surface area contributed by atoms with E-state index in [-0.39, 0.29) is 0 Å². The third-order valence-electron chi connectivity index (χ3n) is 3.69. The molecule has 0 aliphatic carbocycles. The minimum Gasteiger partial charge on any atom is -0.496 e. The van der Waals surface area contributed by atoms with Gasteiger partial charge in [0.25, 0.3) is 0 Å². The van der Waals surface area contributed by atoms with Crippen molar-refractivity contribution in [3.63, 3.8) is 0 Å². The highest BCUT2D eigenvalue weighted by molar-refractivity contribution is 7.16. The van der Waals surface area contributed by atoms with Crippen molar-refractivity contribution in [3.8, 4) is 16.9 Å². The Kier molecular flexibility index (Phi) is 3.20. The number of rotatable bonds is 4. The van der Waals surface area contributed by atoms with Crippen molar-refractivity contribution in [1.82, 2.24) is 15.0 Å². The molecule has 2 N–H and O–H groups in total. The molecule has 1 amide bonds. The molecule has 3 heterocycles. The molecule has 0 aliphatic heterocycles. The van der Waals surface area contributed by atoms with Crippen LogP contribution >= 0.6 is 11.3 Å². The van der Waals surface area contributed by atoms with Crippen LogP contribution in [0.15, 0.2) is 36.0 Å². The van der Waals surface area contributed by atoms with Crippen molar-refractivity contribution in [1.29, 1.82) is 0 Å². The lowest BCUT2D eigenvalue weighted by atomic mass is 10.0. The van der Waals surface area contributed by atoms with Gasteiger partial charge < -0.3 is 15.0 Å². The van der Waals surface area contributed by atoms with Crippen LogP contribution in [-0.4, -0.2) is 28.5 Å². The first kappa shape index (κ1) is 13.7. The molecule has 0 saturated carbocycles. The Bertz CT molecular complexity index is 1020. The third-order valence-corrected chi connectivity index (χ3v) is 4.48. The molecule has 7 heteroatoms. The lowest BCUT2D eigenvalue weighted by Gasteiger charge is -2.08. The van der Waals surface area contributed by atoms with E-state index >= 15 is 0 Å². The van der Waals surface area contributed by atoms with Crippen LogP contribution in [0.5, 0.6) is 5.75 Å². The number of carbonyl (C=O) groups excluding carboxylic acids is 1. The smallest absolute Gasteiger partial charge is 0.212 e. The van der Waals surface area contributed by atoms with Crippen LogP contribution in [0.2, 0.25) is 0 Å². The summed E-state index contributed by atoms with van der Waals surface area (Å²) in [7, 11) is 1.66. The van der Waals surface area contributed by atoms with Crippen molar-refractivity contribution >= 4 is 44.8 Å². The van der Waals surface area contributed by atoms with Crippen LogP contribution in [0.1, 0.15) is 0 Å². The SMILES string of the molecule is COc1cc2scnc2cc1-c1c[nH]c2nc(NC=O)ccc12. The second-order valence-electron chi connectivity index (χ2n) is 4.93. The van der Waals surface area contributed by atoms with Gasteiger partial charge in [-0.15, -0.1) is 11.3 Å².